The maximum absolute atomic E-state index is 12.4. The number of hydrogen-bond donors (Lipinski definition) is 2. The van der Waals surface area contributed by atoms with Crippen molar-refractivity contribution in [1.82, 2.24) is 5.32 Å². The summed E-state index contributed by atoms with van der Waals surface area (Å²) in [5.74, 6) is 1.75. The lowest BCUT2D eigenvalue weighted by Crippen LogP contribution is -2.46. The minimum absolute atomic E-state index is 0. The first-order chi connectivity index (χ1) is 12.1. The summed E-state index contributed by atoms with van der Waals surface area (Å²) in [6, 6.07) is 3.51. The van der Waals surface area contributed by atoms with Gasteiger partial charge in [-0.3, -0.25) is 4.79 Å². The number of amides is 1. The Morgan fingerprint density at radius 2 is 2.12 bits per heavy atom. The van der Waals surface area contributed by atoms with Gasteiger partial charge < -0.3 is 25.3 Å². The second-order valence-corrected chi connectivity index (χ2v) is 6.83. The largest absolute Gasteiger partial charge is 0.494 e. The summed E-state index contributed by atoms with van der Waals surface area (Å²) in [6.45, 7) is 6.33. The van der Waals surface area contributed by atoms with Crippen molar-refractivity contribution in [2.45, 2.75) is 51.8 Å². The Balaban J connectivity index is 0.00000243. The number of benzene rings is 1. The van der Waals surface area contributed by atoms with Crippen LogP contribution in [0, 0.1) is 5.92 Å². The van der Waals surface area contributed by atoms with E-state index in [1.807, 2.05) is 19.1 Å². The van der Waals surface area contributed by atoms with Gasteiger partial charge in [-0.2, -0.15) is 0 Å². The van der Waals surface area contributed by atoms with Crippen LogP contribution in [0.15, 0.2) is 12.1 Å². The van der Waals surface area contributed by atoms with Gasteiger partial charge in [0.1, 0.15) is 17.6 Å². The Morgan fingerprint density at radius 3 is 2.81 bits per heavy atom. The van der Waals surface area contributed by atoms with Gasteiger partial charge in [0.25, 0.3) is 0 Å². The lowest BCUT2D eigenvalue weighted by atomic mass is 9.92. The maximum atomic E-state index is 12.4. The van der Waals surface area contributed by atoms with E-state index in [0.717, 1.165) is 41.9 Å². The zero-order valence-corrected chi connectivity index (χ0v) is 16.3. The second kappa shape index (κ2) is 9.44. The molecule has 1 fully saturated rings. The topological polar surface area (TPSA) is 82.8 Å². The van der Waals surface area contributed by atoms with Gasteiger partial charge in [0.15, 0.2) is 0 Å². The molecule has 146 valence electrons. The standard InChI is InChI=1S/C19H28N2O4.ClH/c1-3-24-16-9-14-8-12(2)25-17(14)10-15(16)11-21-19(22)18(20)13-4-6-23-7-5-13;/h9-10,12-13,18H,3-8,11,20H2,1-2H3,(H,21,22);1H. The summed E-state index contributed by atoms with van der Waals surface area (Å²) in [5.41, 5.74) is 8.21. The Morgan fingerprint density at radius 1 is 1.38 bits per heavy atom. The molecule has 2 aliphatic heterocycles. The predicted molar refractivity (Wildman–Crippen MR) is 102 cm³/mol. The average Bonchev–Trinajstić information content (AvgIpc) is 2.98. The van der Waals surface area contributed by atoms with Gasteiger partial charge in [0.2, 0.25) is 5.91 Å². The highest BCUT2D eigenvalue weighted by Gasteiger charge is 2.27. The molecule has 1 amide bonds. The first-order valence-electron chi connectivity index (χ1n) is 9.14. The Labute approximate surface area is 161 Å². The summed E-state index contributed by atoms with van der Waals surface area (Å²) in [6.07, 6.45) is 2.74. The van der Waals surface area contributed by atoms with E-state index in [4.69, 9.17) is 19.9 Å². The fourth-order valence-electron chi connectivity index (χ4n) is 3.50. The first kappa shape index (κ1) is 20.8. The molecule has 0 aliphatic carbocycles. The fourth-order valence-corrected chi connectivity index (χ4v) is 3.50. The van der Waals surface area contributed by atoms with Crippen molar-refractivity contribution in [2.75, 3.05) is 19.8 Å². The van der Waals surface area contributed by atoms with Gasteiger partial charge in [0.05, 0.1) is 12.6 Å². The van der Waals surface area contributed by atoms with Crippen molar-refractivity contribution in [3.63, 3.8) is 0 Å². The highest BCUT2D eigenvalue weighted by molar-refractivity contribution is 5.85. The lowest BCUT2D eigenvalue weighted by molar-refractivity contribution is -0.124. The summed E-state index contributed by atoms with van der Waals surface area (Å²) < 4.78 is 16.9. The van der Waals surface area contributed by atoms with Crippen molar-refractivity contribution in [1.29, 1.82) is 0 Å². The van der Waals surface area contributed by atoms with Gasteiger partial charge in [-0.25, -0.2) is 0 Å². The monoisotopic (exact) mass is 384 g/mol. The van der Waals surface area contributed by atoms with Gasteiger partial charge in [-0.05, 0) is 44.7 Å². The van der Waals surface area contributed by atoms with Crippen LogP contribution in [0.25, 0.3) is 0 Å². The molecule has 0 bridgehead atoms. The van der Waals surface area contributed by atoms with Crippen molar-refractivity contribution < 1.29 is 19.0 Å². The molecule has 1 aromatic rings. The van der Waals surface area contributed by atoms with Crippen LogP contribution in [0.4, 0.5) is 0 Å². The van der Waals surface area contributed by atoms with Crippen LogP contribution in [0.2, 0.25) is 0 Å². The lowest BCUT2D eigenvalue weighted by Gasteiger charge is -2.26. The summed E-state index contributed by atoms with van der Waals surface area (Å²) in [4.78, 5) is 12.4. The average molecular weight is 385 g/mol. The summed E-state index contributed by atoms with van der Waals surface area (Å²) in [7, 11) is 0. The Bertz CT molecular complexity index is 620. The van der Waals surface area contributed by atoms with Gasteiger partial charge >= 0.3 is 0 Å². The smallest absolute Gasteiger partial charge is 0.237 e. The van der Waals surface area contributed by atoms with Crippen molar-refractivity contribution in [3.05, 3.63) is 23.3 Å². The zero-order chi connectivity index (χ0) is 17.8. The van der Waals surface area contributed by atoms with E-state index >= 15 is 0 Å². The van der Waals surface area contributed by atoms with Crippen LogP contribution in [0.1, 0.15) is 37.8 Å². The van der Waals surface area contributed by atoms with Gasteiger partial charge in [-0.15, -0.1) is 12.4 Å². The minimum Gasteiger partial charge on any atom is -0.494 e. The number of nitrogens with one attached hydrogen (secondary N) is 1. The first-order valence-corrected chi connectivity index (χ1v) is 9.14. The van der Waals surface area contributed by atoms with E-state index < -0.39 is 6.04 Å². The molecule has 2 unspecified atom stereocenters. The molecule has 3 rings (SSSR count). The number of ether oxygens (including phenoxy) is 3. The summed E-state index contributed by atoms with van der Waals surface area (Å²) >= 11 is 0. The molecular weight excluding hydrogens is 356 g/mol. The third-order valence-corrected chi connectivity index (χ3v) is 4.91. The van der Waals surface area contributed by atoms with Gasteiger partial charge in [-0.1, -0.05) is 0 Å². The number of carbonyl (C=O) groups is 1. The quantitative estimate of drug-likeness (QED) is 0.785. The molecule has 0 spiro atoms. The Kier molecular flexibility index (Phi) is 7.55. The van der Waals surface area contributed by atoms with Crippen LogP contribution in [0.5, 0.6) is 11.5 Å². The third kappa shape index (κ3) is 4.81. The molecular formula is C19H29ClN2O4. The van der Waals surface area contributed by atoms with Crippen molar-refractivity contribution in [3.8, 4) is 11.5 Å². The van der Waals surface area contributed by atoms with Crippen LogP contribution in [0.3, 0.4) is 0 Å². The molecule has 1 saturated heterocycles. The molecule has 2 atom stereocenters. The highest BCUT2D eigenvalue weighted by atomic mass is 35.5. The normalized spacial score (nSPS) is 20.5. The summed E-state index contributed by atoms with van der Waals surface area (Å²) in [5, 5.41) is 2.96. The van der Waals surface area contributed by atoms with E-state index in [1.165, 1.54) is 0 Å². The molecule has 7 heteroatoms. The number of rotatable bonds is 6. The van der Waals surface area contributed by atoms with E-state index in [9.17, 15) is 4.79 Å². The maximum Gasteiger partial charge on any atom is 0.237 e. The van der Waals surface area contributed by atoms with Gasteiger partial charge in [0, 0.05) is 37.3 Å². The molecule has 0 saturated carbocycles. The van der Waals surface area contributed by atoms with Crippen molar-refractivity contribution in [2.24, 2.45) is 11.7 Å². The minimum atomic E-state index is -0.495. The molecule has 2 aliphatic rings. The molecule has 2 heterocycles. The molecule has 0 radical (unpaired) electrons. The molecule has 26 heavy (non-hydrogen) atoms. The van der Waals surface area contributed by atoms with Crippen LogP contribution < -0.4 is 20.5 Å². The molecule has 0 aromatic heterocycles. The highest BCUT2D eigenvalue weighted by Crippen LogP contribution is 2.35. The number of halogens is 1. The number of carbonyl (C=O) groups excluding carboxylic acids is 1. The number of fused-ring (bicyclic) bond motifs is 1. The fraction of sp³-hybridized carbons (Fsp3) is 0.632. The van der Waals surface area contributed by atoms with Crippen molar-refractivity contribution >= 4 is 18.3 Å². The van der Waals surface area contributed by atoms with Crippen LogP contribution in [-0.2, 0) is 22.5 Å². The number of nitrogens with two attached hydrogens (primary N) is 1. The molecule has 3 N–H and O–H groups in total. The Hall–Kier alpha value is -1.50. The van der Waals surface area contributed by atoms with E-state index in [0.29, 0.717) is 26.4 Å². The van der Waals surface area contributed by atoms with E-state index in [-0.39, 0.29) is 30.3 Å². The SMILES string of the molecule is CCOc1cc2c(cc1CNC(=O)C(N)C1CCOCC1)OC(C)C2.Cl. The third-order valence-electron chi connectivity index (χ3n) is 4.91. The number of hydrogen-bond acceptors (Lipinski definition) is 5. The molecule has 1 aromatic carbocycles. The van der Waals surface area contributed by atoms with Crippen LogP contribution in [-0.4, -0.2) is 37.9 Å². The predicted octanol–water partition coefficient (Wildman–Crippen LogP) is 2.20. The second-order valence-electron chi connectivity index (χ2n) is 6.83. The van der Waals surface area contributed by atoms with E-state index in [2.05, 4.69) is 12.2 Å². The zero-order valence-electron chi connectivity index (χ0n) is 15.5. The van der Waals surface area contributed by atoms with Crippen LogP contribution >= 0.6 is 12.4 Å². The van der Waals surface area contributed by atoms with E-state index in [1.54, 1.807) is 0 Å². The molecule has 6 nitrogen and oxygen atoms in total.